The first-order valence-corrected chi connectivity index (χ1v) is 8.87. The summed E-state index contributed by atoms with van der Waals surface area (Å²) < 4.78 is 0. The maximum absolute atomic E-state index is 10.2. The van der Waals surface area contributed by atoms with Crippen LogP contribution in [-0.4, -0.2) is 28.5 Å². The molecule has 0 aliphatic heterocycles. The summed E-state index contributed by atoms with van der Waals surface area (Å²) in [5, 5.41) is 22.1. The van der Waals surface area contributed by atoms with Crippen molar-refractivity contribution >= 4 is 28.5 Å². The fraction of sp³-hybridized carbons (Fsp3) is 0.400. The fourth-order valence-corrected chi connectivity index (χ4v) is 4.52. The number of hydrogen-bond donors (Lipinski definition) is 4. The van der Waals surface area contributed by atoms with E-state index >= 15 is 0 Å². The average Bonchev–Trinajstić information content (AvgIpc) is 3.13. The summed E-state index contributed by atoms with van der Waals surface area (Å²) in [6.45, 7) is 1.99. The Morgan fingerprint density at radius 2 is 2.16 bits per heavy atom. The molecule has 2 saturated carbocycles. The van der Waals surface area contributed by atoms with Gasteiger partial charge in [0, 0.05) is 40.6 Å². The lowest BCUT2D eigenvalue weighted by Crippen LogP contribution is -2.34. The van der Waals surface area contributed by atoms with Crippen LogP contribution in [0.2, 0.25) is 0 Å². The average molecular weight is 336 g/mol. The van der Waals surface area contributed by atoms with Gasteiger partial charge >= 0.3 is 0 Å². The fourth-order valence-electron chi connectivity index (χ4n) is 4.52. The number of benzene rings is 1. The van der Waals surface area contributed by atoms with Crippen molar-refractivity contribution in [1.29, 1.82) is 5.41 Å². The molecule has 1 heterocycles. The highest BCUT2D eigenvalue weighted by Gasteiger charge is 2.45. The Bertz CT molecular complexity index is 860. The maximum atomic E-state index is 10.2. The summed E-state index contributed by atoms with van der Waals surface area (Å²) in [6.07, 6.45) is 5.83. The predicted molar refractivity (Wildman–Crippen MR) is 102 cm³/mol. The minimum Gasteiger partial charge on any atom is -0.398 e. The molecule has 0 amide bonds. The maximum Gasteiger partial charge on any atom is 0.0732 e. The van der Waals surface area contributed by atoms with E-state index in [2.05, 4.69) is 16.4 Å². The van der Waals surface area contributed by atoms with Crippen molar-refractivity contribution in [2.75, 3.05) is 5.32 Å². The van der Waals surface area contributed by atoms with E-state index in [0.717, 1.165) is 47.1 Å². The van der Waals surface area contributed by atoms with Crippen molar-refractivity contribution in [3.63, 3.8) is 0 Å². The van der Waals surface area contributed by atoms with Crippen LogP contribution >= 0.6 is 0 Å². The van der Waals surface area contributed by atoms with Crippen molar-refractivity contribution in [3.8, 4) is 0 Å². The molecule has 2 bridgehead atoms. The number of nitrogens with two attached hydrogens (primary N) is 1. The van der Waals surface area contributed by atoms with Crippen molar-refractivity contribution in [2.24, 2.45) is 17.6 Å². The third-order valence-electron chi connectivity index (χ3n) is 5.65. The van der Waals surface area contributed by atoms with Gasteiger partial charge in [-0.15, -0.1) is 0 Å². The van der Waals surface area contributed by atoms with E-state index in [1.807, 2.05) is 25.1 Å². The van der Waals surface area contributed by atoms with Gasteiger partial charge in [0.05, 0.1) is 11.6 Å². The highest BCUT2D eigenvalue weighted by atomic mass is 16.3. The molecule has 0 radical (unpaired) electrons. The number of anilines is 1. The van der Waals surface area contributed by atoms with Gasteiger partial charge < -0.3 is 21.6 Å². The normalized spacial score (nSPS) is 28.5. The standard InChI is InChI=1S/C20H24N4O/c1-11-6-17(24-18-8-12-7-15(18)20(25)9-12)14-3-2-13(10-19(14)23-11)16(22)4-5-21/h2-6,10,12,15,18,20-21,25H,7-9,22H2,1H3,(H,23,24)/b16-4-,21-5?. The van der Waals surface area contributed by atoms with Crippen molar-refractivity contribution in [2.45, 2.75) is 38.3 Å². The zero-order valence-corrected chi connectivity index (χ0v) is 14.4. The second-order valence-electron chi connectivity index (χ2n) is 7.39. The Morgan fingerprint density at radius 3 is 2.88 bits per heavy atom. The van der Waals surface area contributed by atoms with Crippen LogP contribution in [0.3, 0.4) is 0 Å². The van der Waals surface area contributed by atoms with E-state index < -0.39 is 0 Å². The molecule has 5 N–H and O–H groups in total. The van der Waals surface area contributed by atoms with Crippen molar-refractivity contribution < 1.29 is 5.11 Å². The Balaban J connectivity index is 1.69. The first-order chi connectivity index (χ1) is 12.0. The second-order valence-corrected chi connectivity index (χ2v) is 7.39. The zero-order chi connectivity index (χ0) is 17.6. The van der Waals surface area contributed by atoms with Gasteiger partial charge in [-0.1, -0.05) is 12.1 Å². The van der Waals surface area contributed by atoms with Gasteiger partial charge in [0.2, 0.25) is 0 Å². The predicted octanol–water partition coefficient (Wildman–Crippen LogP) is 3.06. The molecule has 0 spiro atoms. The molecular weight excluding hydrogens is 312 g/mol. The van der Waals surface area contributed by atoms with E-state index in [1.54, 1.807) is 6.08 Å². The van der Waals surface area contributed by atoms with Crippen LogP contribution in [0.1, 0.15) is 30.5 Å². The molecule has 2 fully saturated rings. The molecule has 4 atom stereocenters. The van der Waals surface area contributed by atoms with Gasteiger partial charge in [-0.05, 0) is 55.9 Å². The van der Waals surface area contributed by atoms with E-state index in [-0.39, 0.29) is 6.10 Å². The van der Waals surface area contributed by atoms with Gasteiger partial charge in [0.1, 0.15) is 0 Å². The number of aliphatic hydroxyl groups is 1. The summed E-state index contributed by atoms with van der Waals surface area (Å²) in [5.41, 5.74) is 10.4. The van der Waals surface area contributed by atoms with E-state index in [0.29, 0.717) is 23.6 Å². The van der Waals surface area contributed by atoms with Crippen LogP contribution in [0.15, 0.2) is 30.3 Å². The van der Waals surface area contributed by atoms with Crippen LogP contribution in [0.25, 0.3) is 16.6 Å². The van der Waals surface area contributed by atoms with Gasteiger partial charge in [-0.25, -0.2) is 0 Å². The SMILES string of the molecule is Cc1cc(NC2CC3CC(O)C2C3)c2ccc(/C(N)=C/C=N)cc2n1. The molecule has 0 saturated heterocycles. The quantitative estimate of drug-likeness (QED) is 0.645. The summed E-state index contributed by atoms with van der Waals surface area (Å²) in [7, 11) is 0. The van der Waals surface area contributed by atoms with Crippen molar-refractivity contribution in [1.82, 2.24) is 4.98 Å². The third kappa shape index (κ3) is 2.89. The van der Waals surface area contributed by atoms with Gasteiger partial charge in [-0.3, -0.25) is 4.98 Å². The lowest BCUT2D eigenvalue weighted by Gasteiger charge is -2.28. The van der Waals surface area contributed by atoms with Gasteiger partial charge in [0.25, 0.3) is 0 Å². The van der Waals surface area contributed by atoms with Crippen LogP contribution in [0.5, 0.6) is 0 Å². The number of fused-ring (bicyclic) bond motifs is 3. The molecule has 4 rings (SSSR count). The number of allylic oxidation sites excluding steroid dienone is 1. The van der Waals surface area contributed by atoms with Gasteiger partial charge in [0.15, 0.2) is 0 Å². The molecule has 5 nitrogen and oxygen atoms in total. The highest BCUT2D eigenvalue weighted by Crippen LogP contribution is 2.46. The van der Waals surface area contributed by atoms with E-state index in [1.165, 1.54) is 6.21 Å². The Labute approximate surface area is 147 Å². The molecule has 2 aromatic rings. The summed E-state index contributed by atoms with van der Waals surface area (Å²) in [4.78, 5) is 4.65. The molecule has 1 aromatic carbocycles. The number of aliphatic hydroxyl groups excluding tert-OH is 1. The lowest BCUT2D eigenvalue weighted by atomic mass is 9.92. The molecule has 5 heteroatoms. The smallest absolute Gasteiger partial charge is 0.0732 e. The number of aromatic nitrogens is 1. The van der Waals surface area contributed by atoms with E-state index in [9.17, 15) is 5.11 Å². The van der Waals surface area contributed by atoms with Crippen LogP contribution < -0.4 is 11.1 Å². The number of pyridine rings is 1. The number of nitrogens with zero attached hydrogens (tertiary/aromatic N) is 1. The highest BCUT2D eigenvalue weighted by molar-refractivity contribution is 5.94. The van der Waals surface area contributed by atoms with Crippen LogP contribution in [0.4, 0.5) is 5.69 Å². The molecule has 1 aromatic heterocycles. The van der Waals surface area contributed by atoms with Crippen LogP contribution in [-0.2, 0) is 0 Å². The second kappa shape index (κ2) is 6.15. The first kappa shape index (κ1) is 16.1. The van der Waals surface area contributed by atoms with Crippen molar-refractivity contribution in [3.05, 3.63) is 41.6 Å². The zero-order valence-electron chi connectivity index (χ0n) is 14.4. The molecule has 2 aliphatic rings. The summed E-state index contributed by atoms with van der Waals surface area (Å²) in [6, 6.07) is 8.39. The first-order valence-electron chi connectivity index (χ1n) is 8.87. The van der Waals surface area contributed by atoms with Gasteiger partial charge in [-0.2, -0.15) is 0 Å². The number of rotatable bonds is 4. The Morgan fingerprint density at radius 1 is 1.32 bits per heavy atom. The van der Waals surface area contributed by atoms with Crippen LogP contribution in [0, 0.1) is 24.2 Å². The number of hydrogen-bond acceptors (Lipinski definition) is 5. The molecule has 130 valence electrons. The summed E-state index contributed by atoms with van der Waals surface area (Å²) >= 11 is 0. The minimum absolute atomic E-state index is 0.164. The number of nitrogens with one attached hydrogen (secondary N) is 2. The van der Waals surface area contributed by atoms with E-state index in [4.69, 9.17) is 11.1 Å². The molecular formula is C20H24N4O. The molecule has 25 heavy (non-hydrogen) atoms. The lowest BCUT2D eigenvalue weighted by molar-refractivity contribution is 0.107. The monoisotopic (exact) mass is 336 g/mol. The summed E-state index contributed by atoms with van der Waals surface area (Å²) in [5.74, 6) is 1.02. The topological polar surface area (TPSA) is 95.0 Å². The molecule has 2 aliphatic carbocycles. The minimum atomic E-state index is -0.164. The Hall–Kier alpha value is -2.40. The largest absolute Gasteiger partial charge is 0.398 e. The number of aryl methyl sites for hydroxylation is 1. The Kier molecular flexibility index (Phi) is 3.96. The third-order valence-corrected chi connectivity index (χ3v) is 5.65. The molecule has 4 unspecified atom stereocenters.